The minimum Gasteiger partial charge on any atom is -0.0990 e. The van der Waals surface area contributed by atoms with Gasteiger partial charge in [-0.25, -0.2) is 0 Å². The lowest BCUT2D eigenvalue weighted by Crippen LogP contribution is -1.97. The molecule has 0 heterocycles. The number of benzene rings is 3. The van der Waals surface area contributed by atoms with E-state index in [4.69, 9.17) is 0 Å². The third-order valence-corrected chi connectivity index (χ3v) is 6.43. The quantitative estimate of drug-likeness (QED) is 0.260. The summed E-state index contributed by atoms with van der Waals surface area (Å²) in [6, 6.07) is 19.8. The standard InChI is InChI=1S/C36H36/c1-8-16-30(11-4)35-24-33(25-36(28(35)7)31-20-13-12-14-21-31)34-23-29(19-15-18-26(5)10-3)22-32(17-9-2)27(34)6/h8-18,20-25H,1,3-5,19H2,2,6-7H3/b17-9+,18-15+,30-16+. The van der Waals surface area contributed by atoms with E-state index in [0.717, 1.165) is 17.6 Å². The van der Waals surface area contributed by atoms with E-state index in [0.29, 0.717) is 0 Å². The summed E-state index contributed by atoms with van der Waals surface area (Å²) >= 11 is 0. The molecule has 0 nitrogen and oxygen atoms in total. The fourth-order valence-corrected chi connectivity index (χ4v) is 4.47. The largest absolute Gasteiger partial charge is 0.0990 e. The zero-order valence-electron chi connectivity index (χ0n) is 21.9. The highest BCUT2D eigenvalue weighted by Gasteiger charge is 2.15. The molecule has 0 aliphatic rings. The molecule has 0 heteroatoms. The highest BCUT2D eigenvalue weighted by atomic mass is 14.2. The Kier molecular flexibility index (Phi) is 9.19. The lowest BCUT2D eigenvalue weighted by molar-refractivity contribution is 1.25. The first-order valence-electron chi connectivity index (χ1n) is 12.3. The Bertz CT molecular complexity index is 1370. The van der Waals surface area contributed by atoms with Crippen molar-refractivity contribution in [3.63, 3.8) is 0 Å². The average Bonchev–Trinajstić information content (AvgIpc) is 2.89. The Morgan fingerprint density at radius 2 is 1.56 bits per heavy atom. The summed E-state index contributed by atoms with van der Waals surface area (Å²) in [6.07, 6.45) is 16.8. The first-order valence-corrected chi connectivity index (χ1v) is 12.3. The van der Waals surface area contributed by atoms with Gasteiger partial charge in [-0.2, -0.15) is 0 Å². The molecule has 0 aliphatic heterocycles. The minimum atomic E-state index is 0.823. The van der Waals surface area contributed by atoms with E-state index in [1.165, 1.54) is 50.1 Å². The van der Waals surface area contributed by atoms with E-state index in [9.17, 15) is 0 Å². The first-order chi connectivity index (χ1) is 17.4. The second-order valence-corrected chi connectivity index (χ2v) is 8.87. The summed E-state index contributed by atoms with van der Waals surface area (Å²) in [5, 5.41) is 0. The van der Waals surface area contributed by atoms with E-state index in [2.05, 4.69) is 120 Å². The van der Waals surface area contributed by atoms with Crippen molar-refractivity contribution in [1.82, 2.24) is 0 Å². The SMILES string of the molecule is C=C/C=C(\C=C)c1cc(-c2cc(C/C=C/C(=C)C=C)cc(/C=C/C)c2C)cc(-c2ccccc2)c1C. The maximum absolute atomic E-state index is 4.08. The molecule has 3 aromatic carbocycles. The second-order valence-electron chi connectivity index (χ2n) is 8.87. The third kappa shape index (κ3) is 6.09. The molecule has 0 saturated carbocycles. The maximum atomic E-state index is 4.08. The van der Waals surface area contributed by atoms with Gasteiger partial charge in [0.25, 0.3) is 0 Å². The van der Waals surface area contributed by atoms with Crippen molar-refractivity contribution in [2.24, 2.45) is 0 Å². The lowest BCUT2D eigenvalue weighted by atomic mass is 9.85. The Balaban J connectivity index is 2.30. The first kappa shape index (κ1) is 26.4. The molecule has 0 atom stereocenters. The maximum Gasteiger partial charge on any atom is -0.00937 e. The van der Waals surface area contributed by atoms with Crippen molar-refractivity contribution < 1.29 is 0 Å². The number of hydrogen-bond acceptors (Lipinski definition) is 0. The van der Waals surface area contributed by atoms with Crippen LogP contribution in [0.5, 0.6) is 0 Å². The second kappa shape index (κ2) is 12.5. The molecule has 0 aromatic heterocycles. The zero-order valence-corrected chi connectivity index (χ0v) is 21.9. The monoisotopic (exact) mass is 468 g/mol. The molecule has 0 amide bonds. The summed E-state index contributed by atoms with van der Waals surface area (Å²) in [4.78, 5) is 0. The van der Waals surface area contributed by atoms with E-state index in [-0.39, 0.29) is 0 Å². The summed E-state index contributed by atoms with van der Waals surface area (Å²) in [6.45, 7) is 22.2. The van der Waals surface area contributed by atoms with Crippen LogP contribution in [0.15, 0.2) is 129 Å². The molecular formula is C36H36. The molecule has 3 aromatic rings. The number of hydrogen-bond donors (Lipinski definition) is 0. The van der Waals surface area contributed by atoms with Crippen molar-refractivity contribution in [3.8, 4) is 22.3 Å². The van der Waals surface area contributed by atoms with Crippen molar-refractivity contribution in [3.05, 3.63) is 157 Å². The summed E-state index contributed by atoms with van der Waals surface area (Å²) in [7, 11) is 0. The van der Waals surface area contributed by atoms with Crippen LogP contribution in [0.2, 0.25) is 0 Å². The van der Waals surface area contributed by atoms with Crippen molar-refractivity contribution >= 4 is 11.6 Å². The smallest absolute Gasteiger partial charge is 0.00937 e. The van der Waals surface area contributed by atoms with Gasteiger partial charge in [0.15, 0.2) is 0 Å². The highest BCUT2D eigenvalue weighted by molar-refractivity contribution is 5.87. The lowest BCUT2D eigenvalue weighted by Gasteiger charge is -2.19. The van der Waals surface area contributed by atoms with Crippen LogP contribution in [-0.4, -0.2) is 0 Å². The minimum absolute atomic E-state index is 0.823. The van der Waals surface area contributed by atoms with Crippen molar-refractivity contribution in [2.75, 3.05) is 0 Å². The molecule has 180 valence electrons. The van der Waals surface area contributed by atoms with E-state index in [1.54, 1.807) is 6.08 Å². The fourth-order valence-electron chi connectivity index (χ4n) is 4.47. The van der Waals surface area contributed by atoms with Gasteiger partial charge in [-0.3, -0.25) is 0 Å². The van der Waals surface area contributed by atoms with Gasteiger partial charge in [0.05, 0.1) is 0 Å². The van der Waals surface area contributed by atoms with Crippen LogP contribution in [0.4, 0.5) is 0 Å². The molecule has 3 rings (SSSR count). The van der Waals surface area contributed by atoms with Crippen LogP contribution in [0.25, 0.3) is 33.9 Å². The Morgan fingerprint density at radius 1 is 0.833 bits per heavy atom. The molecule has 0 fully saturated rings. The van der Waals surface area contributed by atoms with Gasteiger partial charge in [0.1, 0.15) is 0 Å². The van der Waals surface area contributed by atoms with Gasteiger partial charge < -0.3 is 0 Å². The van der Waals surface area contributed by atoms with Crippen LogP contribution in [0.1, 0.15) is 34.7 Å². The molecule has 0 radical (unpaired) electrons. The highest BCUT2D eigenvalue weighted by Crippen LogP contribution is 2.37. The molecule has 36 heavy (non-hydrogen) atoms. The molecular weight excluding hydrogens is 432 g/mol. The third-order valence-electron chi connectivity index (χ3n) is 6.43. The molecule has 0 spiro atoms. The van der Waals surface area contributed by atoms with Crippen LogP contribution >= 0.6 is 0 Å². The van der Waals surface area contributed by atoms with E-state index < -0.39 is 0 Å². The Morgan fingerprint density at radius 3 is 2.19 bits per heavy atom. The number of allylic oxidation sites excluding steroid dienone is 9. The summed E-state index contributed by atoms with van der Waals surface area (Å²) in [5.74, 6) is 0. The van der Waals surface area contributed by atoms with Crippen molar-refractivity contribution in [2.45, 2.75) is 27.2 Å². The topological polar surface area (TPSA) is 0 Å². The van der Waals surface area contributed by atoms with Crippen LogP contribution in [0, 0.1) is 13.8 Å². The van der Waals surface area contributed by atoms with Gasteiger partial charge in [0.2, 0.25) is 0 Å². The van der Waals surface area contributed by atoms with Gasteiger partial charge in [-0.05, 0) is 101 Å². The summed E-state index contributed by atoms with van der Waals surface area (Å²) in [5.41, 5.74) is 13.0. The van der Waals surface area contributed by atoms with Crippen molar-refractivity contribution in [1.29, 1.82) is 0 Å². The normalized spacial score (nSPS) is 11.7. The molecule has 0 unspecified atom stereocenters. The van der Waals surface area contributed by atoms with E-state index in [1.807, 2.05) is 24.3 Å². The number of rotatable bonds is 10. The predicted octanol–water partition coefficient (Wildman–Crippen LogP) is 10.3. The molecule has 0 aliphatic carbocycles. The molecule has 0 saturated heterocycles. The van der Waals surface area contributed by atoms with E-state index >= 15 is 0 Å². The Hall–Kier alpha value is -4.16. The molecule has 0 N–H and O–H groups in total. The van der Waals surface area contributed by atoms with Gasteiger partial charge in [-0.15, -0.1) is 0 Å². The Labute approximate surface area is 217 Å². The van der Waals surface area contributed by atoms with Gasteiger partial charge >= 0.3 is 0 Å². The molecule has 0 bridgehead atoms. The zero-order chi connectivity index (χ0) is 26.1. The predicted molar refractivity (Wildman–Crippen MR) is 162 cm³/mol. The van der Waals surface area contributed by atoms with Crippen LogP contribution in [-0.2, 0) is 6.42 Å². The average molecular weight is 469 g/mol. The van der Waals surface area contributed by atoms with Crippen LogP contribution in [0.3, 0.4) is 0 Å². The van der Waals surface area contributed by atoms with Gasteiger partial charge in [0, 0.05) is 0 Å². The fraction of sp³-hybridized carbons (Fsp3) is 0.111. The van der Waals surface area contributed by atoms with Crippen LogP contribution < -0.4 is 0 Å². The van der Waals surface area contributed by atoms with Gasteiger partial charge in [-0.1, -0.05) is 117 Å². The summed E-state index contributed by atoms with van der Waals surface area (Å²) < 4.78 is 0.